The van der Waals surface area contributed by atoms with Gasteiger partial charge in [-0.2, -0.15) is 0 Å². The third-order valence-electron chi connectivity index (χ3n) is 1.48. The molecule has 0 bridgehead atoms. The zero-order chi connectivity index (χ0) is 7.40. The molecule has 0 saturated heterocycles. The number of rotatable bonds is 2. The van der Waals surface area contributed by atoms with Gasteiger partial charge in [-0.05, 0) is 18.1 Å². The van der Waals surface area contributed by atoms with Crippen LogP contribution in [0.1, 0.15) is 18.9 Å². The predicted molar refractivity (Wildman–Crippen MR) is 50.5 cm³/mol. The molecule has 0 heterocycles. The molecule has 0 spiro atoms. The fourth-order valence-electron chi connectivity index (χ4n) is 0.970. The Bertz CT molecular complexity index is 210. The molecule has 0 atom stereocenters. The predicted octanol–water partition coefficient (Wildman–Crippen LogP) is 3.45. The zero-order valence-electron chi connectivity index (χ0n) is 6.81. The van der Waals surface area contributed by atoms with Crippen LogP contribution >= 0.6 is 11.6 Å². The van der Waals surface area contributed by atoms with Crippen LogP contribution in [0.25, 0.3) is 0 Å². The van der Waals surface area contributed by atoms with Crippen LogP contribution in [0.15, 0.2) is 24.3 Å². The third-order valence-corrected chi connectivity index (χ3v) is 1.85. The summed E-state index contributed by atoms with van der Waals surface area (Å²) < 4.78 is 0. The summed E-state index contributed by atoms with van der Waals surface area (Å²) in [4.78, 5) is 0. The highest BCUT2D eigenvalue weighted by Crippen LogP contribution is 2.15. The van der Waals surface area contributed by atoms with E-state index in [1.165, 1.54) is 5.56 Å². The van der Waals surface area contributed by atoms with Crippen molar-refractivity contribution in [2.75, 3.05) is 0 Å². The van der Waals surface area contributed by atoms with E-state index in [2.05, 4.69) is 13.0 Å². The van der Waals surface area contributed by atoms with E-state index in [1.54, 1.807) is 0 Å². The fourth-order valence-corrected chi connectivity index (χ4v) is 1.20. The smallest absolute Gasteiger partial charge is 0.0437 e. The Morgan fingerprint density at radius 3 is 2.45 bits per heavy atom. The minimum Gasteiger partial charge on any atom is -0.344 e. The van der Waals surface area contributed by atoms with Crippen molar-refractivity contribution in [3.8, 4) is 0 Å². The molecule has 0 aromatic heterocycles. The largest absolute Gasteiger partial charge is 0.344 e. The Labute approximate surface area is 73.0 Å². The number of hydrogen-bond acceptors (Lipinski definition) is 1. The van der Waals surface area contributed by atoms with Crippen molar-refractivity contribution in [1.82, 2.24) is 6.15 Å². The summed E-state index contributed by atoms with van der Waals surface area (Å²) in [6.45, 7) is 2.16. The normalized spacial score (nSPS) is 8.91. The van der Waals surface area contributed by atoms with Gasteiger partial charge in [0.25, 0.3) is 0 Å². The average Bonchev–Trinajstić information content (AvgIpc) is 1.94. The standard InChI is InChI=1S/C9H11Cl.H3N/c1-2-5-8-6-3-4-7-9(8)10;/h3-4,6-7H,2,5H2,1H3;1H3. The lowest BCUT2D eigenvalue weighted by molar-refractivity contribution is 0.922. The van der Waals surface area contributed by atoms with Gasteiger partial charge in [0.1, 0.15) is 0 Å². The Morgan fingerprint density at radius 1 is 1.27 bits per heavy atom. The zero-order valence-corrected chi connectivity index (χ0v) is 7.56. The monoisotopic (exact) mass is 171 g/mol. The first-order valence-electron chi connectivity index (χ1n) is 3.58. The summed E-state index contributed by atoms with van der Waals surface area (Å²) in [7, 11) is 0. The molecule has 2 heteroatoms. The summed E-state index contributed by atoms with van der Waals surface area (Å²) >= 11 is 5.90. The van der Waals surface area contributed by atoms with E-state index in [0.717, 1.165) is 17.9 Å². The van der Waals surface area contributed by atoms with Gasteiger partial charge in [-0.25, -0.2) is 0 Å². The van der Waals surface area contributed by atoms with E-state index in [4.69, 9.17) is 11.6 Å². The van der Waals surface area contributed by atoms with Crippen LogP contribution in [0.2, 0.25) is 5.02 Å². The fraction of sp³-hybridized carbons (Fsp3) is 0.333. The molecular formula is C9H14ClN. The third kappa shape index (κ3) is 2.91. The molecule has 1 aromatic carbocycles. The van der Waals surface area contributed by atoms with E-state index in [-0.39, 0.29) is 6.15 Å². The van der Waals surface area contributed by atoms with E-state index >= 15 is 0 Å². The number of halogens is 1. The van der Waals surface area contributed by atoms with Crippen molar-refractivity contribution in [2.45, 2.75) is 19.8 Å². The molecule has 0 saturated carbocycles. The van der Waals surface area contributed by atoms with Gasteiger partial charge in [-0.3, -0.25) is 0 Å². The van der Waals surface area contributed by atoms with E-state index in [1.807, 2.05) is 18.2 Å². The molecule has 3 N–H and O–H groups in total. The maximum atomic E-state index is 5.90. The summed E-state index contributed by atoms with van der Waals surface area (Å²) in [5.41, 5.74) is 1.26. The second-order valence-corrected chi connectivity index (χ2v) is 2.75. The highest BCUT2D eigenvalue weighted by atomic mass is 35.5. The average molecular weight is 172 g/mol. The number of benzene rings is 1. The van der Waals surface area contributed by atoms with Crippen LogP contribution in [0.3, 0.4) is 0 Å². The lowest BCUT2D eigenvalue weighted by Gasteiger charge is -1.99. The lowest BCUT2D eigenvalue weighted by Crippen LogP contribution is -1.82. The molecule has 0 aliphatic carbocycles. The highest BCUT2D eigenvalue weighted by Gasteiger charge is 1.94. The van der Waals surface area contributed by atoms with Crippen LogP contribution in [0.4, 0.5) is 0 Å². The maximum Gasteiger partial charge on any atom is 0.0437 e. The van der Waals surface area contributed by atoms with Gasteiger partial charge < -0.3 is 6.15 Å². The lowest BCUT2D eigenvalue weighted by atomic mass is 10.1. The molecule has 1 nitrogen and oxygen atoms in total. The van der Waals surface area contributed by atoms with Crippen molar-refractivity contribution < 1.29 is 0 Å². The van der Waals surface area contributed by atoms with Crippen LogP contribution in [0.5, 0.6) is 0 Å². The molecule has 0 aliphatic rings. The first-order chi connectivity index (χ1) is 4.84. The summed E-state index contributed by atoms with van der Waals surface area (Å²) in [5.74, 6) is 0. The first kappa shape index (κ1) is 10.5. The summed E-state index contributed by atoms with van der Waals surface area (Å²) in [6.07, 6.45) is 2.24. The SMILES string of the molecule is CCCc1ccccc1Cl.N. The van der Waals surface area contributed by atoms with Gasteiger partial charge in [0.15, 0.2) is 0 Å². The number of aryl methyl sites for hydroxylation is 1. The quantitative estimate of drug-likeness (QED) is 0.727. The van der Waals surface area contributed by atoms with Crippen LogP contribution in [-0.2, 0) is 6.42 Å². The van der Waals surface area contributed by atoms with E-state index in [9.17, 15) is 0 Å². The second kappa shape index (κ2) is 5.16. The van der Waals surface area contributed by atoms with Gasteiger partial charge in [-0.15, -0.1) is 0 Å². The van der Waals surface area contributed by atoms with Crippen LogP contribution in [-0.4, -0.2) is 0 Å². The molecule has 1 rings (SSSR count). The van der Waals surface area contributed by atoms with Crippen LogP contribution < -0.4 is 6.15 Å². The molecule has 11 heavy (non-hydrogen) atoms. The first-order valence-corrected chi connectivity index (χ1v) is 3.95. The molecule has 0 amide bonds. The van der Waals surface area contributed by atoms with E-state index in [0.29, 0.717) is 0 Å². The Morgan fingerprint density at radius 2 is 1.91 bits per heavy atom. The minimum atomic E-state index is 0. The van der Waals surface area contributed by atoms with Crippen LogP contribution in [0, 0.1) is 0 Å². The van der Waals surface area contributed by atoms with Gasteiger partial charge in [0.05, 0.1) is 0 Å². The van der Waals surface area contributed by atoms with Gasteiger partial charge in [-0.1, -0.05) is 43.1 Å². The Balaban J connectivity index is 0.000001000. The topological polar surface area (TPSA) is 35.0 Å². The molecular weight excluding hydrogens is 158 g/mol. The number of hydrogen-bond donors (Lipinski definition) is 1. The van der Waals surface area contributed by atoms with Crippen molar-refractivity contribution in [2.24, 2.45) is 0 Å². The van der Waals surface area contributed by atoms with Gasteiger partial charge in [0, 0.05) is 5.02 Å². The minimum absolute atomic E-state index is 0. The molecule has 62 valence electrons. The Hall–Kier alpha value is -0.530. The van der Waals surface area contributed by atoms with Crippen molar-refractivity contribution in [1.29, 1.82) is 0 Å². The second-order valence-electron chi connectivity index (χ2n) is 2.34. The molecule has 1 aromatic rings. The summed E-state index contributed by atoms with van der Waals surface area (Å²) in [6, 6.07) is 8.00. The molecule has 0 unspecified atom stereocenters. The highest BCUT2D eigenvalue weighted by molar-refractivity contribution is 6.31. The summed E-state index contributed by atoms with van der Waals surface area (Å²) in [5, 5.41) is 0.893. The van der Waals surface area contributed by atoms with Crippen molar-refractivity contribution in [3.05, 3.63) is 34.9 Å². The molecule has 0 radical (unpaired) electrons. The maximum absolute atomic E-state index is 5.90. The van der Waals surface area contributed by atoms with E-state index < -0.39 is 0 Å². The van der Waals surface area contributed by atoms with Crippen molar-refractivity contribution >= 4 is 11.6 Å². The van der Waals surface area contributed by atoms with Crippen molar-refractivity contribution in [3.63, 3.8) is 0 Å². The van der Waals surface area contributed by atoms with Gasteiger partial charge >= 0.3 is 0 Å². The molecule has 0 aliphatic heterocycles. The van der Waals surface area contributed by atoms with Gasteiger partial charge in [0.2, 0.25) is 0 Å². The molecule has 0 fully saturated rings. The Kier molecular flexibility index (Phi) is 4.92.